The van der Waals surface area contributed by atoms with Gasteiger partial charge in [-0.25, -0.2) is 0 Å². The van der Waals surface area contributed by atoms with Crippen molar-refractivity contribution >= 4 is 27.2 Å². The van der Waals surface area contributed by atoms with Gasteiger partial charge in [0.15, 0.2) is 5.75 Å². The summed E-state index contributed by atoms with van der Waals surface area (Å²) >= 11 is 0. The van der Waals surface area contributed by atoms with E-state index in [2.05, 4.69) is 19.5 Å². The topological polar surface area (TPSA) is 127 Å². The van der Waals surface area contributed by atoms with Crippen molar-refractivity contribution in [2.24, 2.45) is 0 Å². The molecule has 1 aromatic heterocycles. The minimum atomic E-state index is -4.74. The fourth-order valence-electron chi connectivity index (χ4n) is 2.07. The largest absolute Gasteiger partial charge is 0.493 e. The molecule has 0 aliphatic rings. The molecule has 3 N–H and O–H groups in total. The van der Waals surface area contributed by atoms with Crippen LogP contribution in [0.4, 0.5) is 0 Å². The summed E-state index contributed by atoms with van der Waals surface area (Å²) in [6, 6.07) is 3.11. The number of carbonyl (C=O) groups is 1. The van der Waals surface area contributed by atoms with Crippen LogP contribution in [0.5, 0.6) is 11.5 Å². The standard InChI is InChI=1S/C13H16N2O7S/c1-8(16)14-4-3-9-7-15-11-6-13(21-22-23(17,18)19)12(20-2)5-10(9)11/h5-7,15H,3-4H2,1-2H3,(H,14,16)(H,17,18,19). The molecule has 2 aromatic rings. The molecule has 0 bridgehead atoms. The zero-order valence-corrected chi connectivity index (χ0v) is 13.3. The van der Waals surface area contributed by atoms with Gasteiger partial charge < -0.3 is 19.9 Å². The van der Waals surface area contributed by atoms with Crippen molar-refractivity contribution in [2.45, 2.75) is 13.3 Å². The smallest absolute Gasteiger partial charge is 0.432 e. The molecule has 0 aliphatic carbocycles. The van der Waals surface area contributed by atoms with E-state index in [1.54, 1.807) is 12.3 Å². The lowest BCUT2D eigenvalue weighted by molar-refractivity contribution is -0.118. The fraction of sp³-hybridized carbons (Fsp3) is 0.308. The second-order valence-electron chi connectivity index (χ2n) is 4.67. The van der Waals surface area contributed by atoms with E-state index in [1.807, 2.05) is 0 Å². The number of ether oxygens (including phenoxy) is 1. The minimum Gasteiger partial charge on any atom is -0.493 e. The lowest BCUT2D eigenvalue weighted by Gasteiger charge is -2.08. The van der Waals surface area contributed by atoms with Gasteiger partial charge in [0.2, 0.25) is 11.7 Å². The van der Waals surface area contributed by atoms with Crippen LogP contribution in [0, 0.1) is 0 Å². The van der Waals surface area contributed by atoms with E-state index < -0.39 is 10.4 Å². The highest BCUT2D eigenvalue weighted by molar-refractivity contribution is 7.80. The first-order valence-corrected chi connectivity index (χ1v) is 7.92. The van der Waals surface area contributed by atoms with Crippen molar-refractivity contribution in [2.75, 3.05) is 13.7 Å². The van der Waals surface area contributed by atoms with Crippen LogP contribution in [-0.4, -0.2) is 37.5 Å². The number of H-pyrrole nitrogens is 1. The van der Waals surface area contributed by atoms with Gasteiger partial charge in [-0.05, 0) is 22.4 Å². The van der Waals surface area contributed by atoms with Gasteiger partial charge in [0, 0.05) is 36.6 Å². The summed E-state index contributed by atoms with van der Waals surface area (Å²) in [5.41, 5.74) is 1.59. The maximum Gasteiger partial charge on any atom is 0.432 e. The van der Waals surface area contributed by atoms with Crippen molar-refractivity contribution in [3.05, 3.63) is 23.9 Å². The summed E-state index contributed by atoms with van der Waals surface area (Å²) in [4.78, 5) is 18.5. The summed E-state index contributed by atoms with van der Waals surface area (Å²) in [5.74, 6) is 0.0925. The average molecular weight is 344 g/mol. The van der Waals surface area contributed by atoms with E-state index in [1.165, 1.54) is 20.1 Å². The third kappa shape index (κ3) is 4.58. The molecular weight excluding hydrogens is 328 g/mol. The second kappa shape index (κ2) is 6.86. The number of rotatable bonds is 7. The van der Waals surface area contributed by atoms with E-state index in [-0.39, 0.29) is 17.4 Å². The van der Waals surface area contributed by atoms with Crippen LogP contribution < -0.4 is 14.9 Å². The first-order valence-electron chi connectivity index (χ1n) is 6.56. The highest BCUT2D eigenvalue weighted by Gasteiger charge is 2.15. The lowest BCUT2D eigenvalue weighted by Crippen LogP contribution is -2.22. The summed E-state index contributed by atoms with van der Waals surface area (Å²) < 4.78 is 38.7. The van der Waals surface area contributed by atoms with Gasteiger partial charge in [-0.2, -0.15) is 8.42 Å². The number of fused-ring (bicyclic) bond motifs is 1. The van der Waals surface area contributed by atoms with Crippen LogP contribution in [-0.2, 0) is 25.9 Å². The Morgan fingerprint density at radius 3 is 2.70 bits per heavy atom. The highest BCUT2D eigenvalue weighted by Crippen LogP contribution is 2.34. The molecule has 0 saturated carbocycles. The van der Waals surface area contributed by atoms with Crippen molar-refractivity contribution in [3.63, 3.8) is 0 Å². The molecule has 0 saturated heterocycles. The van der Waals surface area contributed by atoms with Gasteiger partial charge in [0.1, 0.15) is 0 Å². The number of hydrogen-bond donors (Lipinski definition) is 3. The maximum atomic E-state index is 10.9. The molecule has 1 amide bonds. The molecule has 0 aliphatic heterocycles. The lowest BCUT2D eigenvalue weighted by atomic mass is 10.1. The highest BCUT2D eigenvalue weighted by atomic mass is 32.3. The number of carbonyl (C=O) groups excluding carboxylic acids is 1. The van der Waals surface area contributed by atoms with Gasteiger partial charge in [-0.3, -0.25) is 9.35 Å². The van der Waals surface area contributed by atoms with E-state index in [0.717, 1.165) is 10.9 Å². The molecule has 1 aromatic carbocycles. The first-order chi connectivity index (χ1) is 10.8. The van der Waals surface area contributed by atoms with E-state index in [9.17, 15) is 13.2 Å². The second-order valence-corrected chi connectivity index (χ2v) is 5.67. The summed E-state index contributed by atoms with van der Waals surface area (Å²) in [7, 11) is -3.36. The molecule has 0 spiro atoms. The number of aromatic nitrogens is 1. The summed E-state index contributed by atoms with van der Waals surface area (Å²) in [5, 5.41) is 3.53. The summed E-state index contributed by atoms with van der Waals surface area (Å²) in [6.07, 6.45) is 2.36. The normalized spacial score (nSPS) is 11.4. The van der Waals surface area contributed by atoms with E-state index in [4.69, 9.17) is 9.29 Å². The van der Waals surface area contributed by atoms with Crippen LogP contribution in [0.1, 0.15) is 12.5 Å². The third-order valence-corrected chi connectivity index (χ3v) is 3.27. The zero-order chi connectivity index (χ0) is 17.0. The monoisotopic (exact) mass is 344 g/mol. The van der Waals surface area contributed by atoms with Crippen molar-refractivity contribution in [1.29, 1.82) is 0 Å². The third-order valence-electron chi connectivity index (χ3n) is 3.03. The van der Waals surface area contributed by atoms with Gasteiger partial charge in [-0.15, -0.1) is 0 Å². The predicted molar refractivity (Wildman–Crippen MR) is 80.5 cm³/mol. The van der Waals surface area contributed by atoms with Crippen LogP contribution in [0.15, 0.2) is 18.3 Å². The molecule has 126 valence electrons. The van der Waals surface area contributed by atoms with Gasteiger partial charge in [0.05, 0.1) is 7.11 Å². The molecule has 2 rings (SSSR count). The van der Waals surface area contributed by atoms with E-state index >= 15 is 0 Å². The Kier molecular flexibility index (Phi) is 5.08. The summed E-state index contributed by atoms with van der Waals surface area (Å²) in [6.45, 7) is 1.92. The van der Waals surface area contributed by atoms with Crippen molar-refractivity contribution in [1.82, 2.24) is 10.3 Å². The SMILES string of the molecule is COc1cc2c(CCNC(C)=O)c[nH]c2cc1OOS(=O)(=O)O. The number of benzene rings is 1. The van der Waals surface area contributed by atoms with Crippen LogP contribution >= 0.6 is 0 Å². The van der Waals surface area contributed by atoms with Crippen molar-refractivity contribution in [3.8, 4) is 11.5 Å². The molecule has 0 unspecified atom stereocenters. The van der Waals surface area contributed by atoms with Crippen LogP contribution in [0.3, 0.4) is 0 Å². The number of amides is 1. The number of hydrogen-bond acceptors (Lipinski definition) is 6. The Bertz CT molecular complexity index is 813. The molecule has 0 fully saturated rings. The Balaban J connectivity index is 2.26. The average Bonchev–Trinajstić information content (AvgIpc) is 2.85. The zero-order valence-electron chi connectivity index (χ0n) is 12.5. The number of nitrogens with one attached hydrogen (secondary N) is 2. The quantitative estimate of drug-likeness (QED) is 0.388. The molecule has 23 heavy (non-hydrogen) atoms. The Labute approximate surface area is 132 Å². The molecular formula is C13H16N2O7S. The minimum absolute atomic E-state index is 0.0205. The van der Waals surface area contributed by atoms with Gasteiger partial charge in [-0.1, -0.05) is 0 Å². The molecule has 0 atom stereocenters. The maximum absolute atomic E-state index is 10.9. The predicted octanol–water partition coefficient (Wildman–Crippen LogP) is 0.968. The first kappa shape index (κ1) is 17.1. The number of aromatic amines is 1. The fourth-order valence-corrected chi connectivity index (χ4v) is 2.23. The molecule has 9 nitrogen and oxygen atoms in total. The van der Waals surface area contributed by atoms with Gasteiger partial charge >= 0.3 is 10.4 Å². The van der Waals surface area contributed by atoms with Crippen molar-refractivity contribution < 1.29 is 31.7 Å². The molecule has 10 heteroatoms. The Morgan fingerprint density at radius 1 is 1.35 bits per heavy atom. The Hall–Kier alpha value is -2.30. The van der Waals surface area contributed by atoms with Crippen LogP contribution in [0.2, 0.25) is 0 Å². The van der Waals surface area contributed by atoms with E-state index in [0.29, 0.717) is 18.5 Å². The number of methoxy groups -OCH3 is 1. The Morgan fingerprint density at radius 2 is 2.09 bits per heavy atom. The molecule has 1 heterocycles. The van der Waals surface area contributed by atoms with Gasteiger partial charge in [0.25, 0.3) is 0 Å². The van der Waals surface area contributed by atoms with Crippen LogP contribution in [0.25, 0.3) is 10.9 Å². The molecule has 0 radical (unpaired) electrons.